The molecular weight excluding hydrogens is 303 g/mol. The number of nitro benzene ring substituents is 1. The number of hydrogen-bond donors (Lipinski definition) is 0. The van der Waals surface area contributed by atoms with Crippen LogP contribution in [0.15, 0.2) is 30.3 Å². The molecule has 1 heterocycles. The summed E-state index contributed by atoms with van der Waals surface area (Å²) in [5.74, 6) is -0.895. The monoisotopic (exact) mass is 311 g/mol. The largest absolute Gasteiger partial charge is 0.418 e. The van der Waals surface area contributed by atoms with E-state index >= 15 is 0 Å². The van der Waals surface area contributed by atoms with Crippen LogP contribution in [0.2, 0.25) is 0 Å². The van der Waals surface area contributed by atoms with E-state index in [0.29, 0.717) is 6.07 Å². The normalized spacial score (nSPS) is 11.3. The van der Waals surface area contributed by atoms with Gasteiger partial charge in [0, 0.05) is 13.0 Å². The lowest BCUT2D eigenvalue weighted by Crippen LogP contribution is -2.15. The average Bonchev–Trinajstić information content (AvgIpc) is 2.45. The van der Waals surface area contributed by atoms with Gasteiger partial charge in [0.1, 0.15) is 11.4 Å². The third-order valence-electron chi connectivity index (χ3n) is 2.81. The Kier molecular flexibility index (Phi) is 3.89. The third-order valence-corrected chi connectivity index (χ3v) is 2.81. The Morgan fingerprint density at radius 1 is 1.23 bits per heavy atom. The Bertz CT molecular complexity index is 760. The molecule has 1 aromatic heterocycles. The minimum absolute atomic E-state index is 0.111. The molecule has 0 bridgehead atoms. The molecule has 6 nitrogen and oxygen atoms in total. The molecule has 0 saturated carbocycles. The number of ketones is 1. The van der Waals surface area contributed by atoms with E-state index in [0.717, 1.165) is 13.0 Å². The third kappa shape index (κ3) is 2.92. The number of rotatable bonds is 3. The summed E-state index contributed by atoms with van der Waals surface area (Å²) < 4.78 is 39.0. The van der Waals surface area contributed by atoms with Gasteiger partial charge < -0.3 is 0 Å². The Balaban J connectivity index is 2.69. The SMILES string of the molecule is CC(=O)c1nnc(-c2ccccc2[N+](=O)[O-])cc1C(F)(F)F. The van der Waals surface area contributed by atoms with Crippen molar-refractivity contribution in [3.05, 3.63) is 51.7 Å². The summed E-state index contributed by atoms with van der Waals surface area (Å²) in [7, 11) is 0. The molecule has 0 spiro atoms. The number of halogens is 3. The first kappa shape index (κ1) is 15.5. The van der Waals surface area contributed by atoms with Crippen LogP contribution < -0.4 is 0 Å². The maximum absolute atomic E-state index is 13.0. The van der Waals surface area contributed by atoms with E-state index in [1.807, 2.05) is 0 Å². The first-order valence-corrected chi connectivity index (χ1v) is 5.91. The Morgan fingerprint density at radius 2 is 1.86 bits per heavy atom. The standard InChI is InChI=1S/C13H8F3N3O3/c1-7(20)12-9(13(14,15)16)6-10(17-18-12)8-4-2-3-5-11(8)19(21)22/h2-6H,1H3. The summed E-state index contributed by atoms with van der Waals surface area (Å²) in [5.41, 5.74) is -2.94. The van der Waals surface area contributed by atoms with Crippen molar-refractivity contribution in [2.45, 2.75) is 13.1 Å². The highest BCUT2D eigenvalue weighted by atomic mass is 19.4. The Morgan fingerprint density at radius 3 is 2.41 bits per heavy atom. The van der Waals surface area contributed by atoms with E-state index in [4.69, 9.17) is 0 Å². The van der Waals surface area contributed by atoms with E-state index in [9.17, 15) is 28.1 Å². The number of nitro groups is 1. The predicted molar refractivity (Wildman–Crippen MR) is 69.1 cm³/mol. The number of Topliss-reactive ketones (excluding diaryl/α,β-unsaturated/α-hetero) is 1. The molecule has 0 N–H and O–H groups in total. The number of benzene rings is 1. The Hall–Kier alpha value is -2.84. The average molecular weight is 311 g/mol. The molecule has 114 valence electrons. The maximum Gasteiger partial charge on any atom is 0.418 e. The van der Waals surface area contributed by atoms with E-state index in [-0.39, 0.29) is 11.3 Å². The van der Waals surface area contributed by atoms with Gasteiger partial charge in [0.25, 0.3) is 5.69 Å². The van der Waals surface area contributed by atoms with Crippen molar-refractivity contribution in [2.24, 2.45) is 0 Å². The van der Waals surface area contributed by atoms with Gasteiger partial charge in [0.15, 0.2) is 5.78 Å². The number of alkyl halides is 3. The minimum Gasteiger partial charge on any atom is -0.293 e. The molecule has 9 heteroatoms. The number of carbonyl (C=O) groups excluding carboxylic acids is 1. The molecule has 0 aliphatic heterocycles. The second-order valence-electron chi connectivity index (χ2n) is 4.32. The van der Waals surface area contributed by atoms with Crippen molar-refractivity contribution in [2.75, 3.05) is 0 Å². The van der Waals surface area contributed by atoms with Crippen LogP contribution in [0.4, 0.5) is 18.9 Å². The fourth-order valence-corrected chi connectivity index (χ4v) is 1.85. The Labute approximate surface area is 121 Å². The second-order valence-corrected chi connectivity index (χ2v) is 4.32. The molecule has 0 fully saturated rings. The quantitative estimate of drug-likeness (QED) is 0.493. The first-order chi connectivity index (χ1) is 10.2. The van der Waals surface area contributed by atoms with Gasteiger partial charge in [-0.25, -0.2) is 0 Å². The molecular formula is C13H8F3N3O3. The van der Waals surface area contributed by atoms with E-state index in [1.165, 1.54) is 18.2 Å². The van der Waals surface area contributed by atoms with Gasteiger partial charge >= 0.3 is 6.18 Å². The van der Waals surface area contributed by atoms with Crippen LogP contribution >= 0.6 is 0 Å². The molecule has 0 saturated heterocycles. The minimum atomic E-state index is -4.82. The predicted octanol–water partition coefficient (Wildman–Crippen LogP) is 3.27. The van der Waals surface area contributed by atoms with Crippen LogP contribution in [-0.2, 0) is 6.18 Å². The number of nitrogens with zero attached hydrogens (tertiary/aromatic N) is 3. The summed E-state index contributed by atoms with van der Waals surface area (Å²) in [6.07, 6.45) is -4.82. The van der Waals surface area contributed by atoms with Gasteiger partial charge in [0.05, 0.1) is 16.1 Å². The number of para-hydroxylation sites is 1. The summed E-state index contributed by atoms with van der Waals surface area (Å²) in [5, 5.41) is 17.7. The molecule has 0 aliphatic carbocycles. The summed E-state index contributed by atoms with van der Waals surface area (Å²) in [4.78, 5) is 21.4. The van der Waals surface area contributed by atoms with Gasteiger partial charge in [0.2, 0.25) is 0 Å². The number of aromatic nitrogens is 2. The second kappa shape index (κ2) is 5.51. The van der Waals surface area contributed by atoms with E-state index in [1.54, 1.807) is 0 Å². The molecule has 1 aromatic carbocycles. The zero-order valence-electron chi connectivity index (χ0n) is 11.1. The fraction of sp³-hybridized carbons (Fsp3) is 0.154. The number of carbonyl (C=O) groups is 1. The highest BCUT2D eigenvalue weighted by molar-refractivity contribution is 5.94. The van der Waals surface area contributed by atoms with Crippen LogP contribution in [0, 0.1) is 10.1 Å². The molecule has 0 atom stereocenters. The lowest BCUT2D eigenvalue weighted by molar-refractivity contribution is -0.384. The van der Waals surface area contributed by atoms with E-state index in [2.05, 4.69) is 10.2 Å². The van der Waals surface area contributed by atoms with Gasteiger partial charge in [-0.1, -0.05) is 12.1 Å². The van der Waals surface area contributed by atoms with Crippen molar-refractivity contribution >= 4 is 11.5 Å². The van der Waals surface area contributed by atoms with Crippen LogP contribution in [-0.4, -0.2) is 20.9 Å². The van der Waals surface area contributed by atoms with Crippen molar-refractivity contribution in [1.82, 2.24) is 10.2 Å². The molecule has 0 radical (unpaired) electrons. The lowest BCUT2D eigenvalue weighted by atomic mass is 10.1. The van der Waals surface area contributed by atoms with Crippen LogP contribution in [0.1, 0.15) is 23.0 Å². The maximum atomic E-state index is 13.0. The molecule has 0 amide bonds. The fourth-order valence-electron chi connectivity index (χ4n) is 1.85. The van der Waals surface area contributed by atoms with Gasteiger partial charge in [-0.3, -0.25) is 14.9 Å². The van der Waals surface area contributed by atoms with E-state index < -0.39 is 33.8 Å². The first-order valence-electron chi connectivity index (χ1n) is 5.91. The summed E-state index contributed by atoms with van der Waals surface area (Å²) >= 11 is 0. The van der Waals surface area contributed by atoms with Gasteiger partial charge in [-0.15, -0.1) is 10.2 Å². The van der Waals surface area contributed by atoms with Crippen LogP contribution in [0.5, 0.6) is 0 Å². The molecule has 0 aliphatic rings. The number of hydrogen-bond acceptors (Lipinski definition) is 5. The van der Waals surface area contributed by atoms with Crippen molar-refractivity contribution < 1.29 is 22.9 Å². The van der Waals surface area contributed by atoms with Crippen molar-refractivity contribution in [1.29, 1.82) is 0 Å². The molecule has 0 unspecified atom stereocenters. The summed E-state index contributed by atoms with van der Waals surface area (Å²) in [6, 6.07) is 5.80. The molecule has 2 rings (SSSR count). The highest BCUT2D eigenvalue weighted by Gasteiger charge is 2.36. The van der Waals surface area contributed by atoms with Gasteiger partial charge in [-0.05, 0) is 12.1 Å². The van der Waals surface area contributed by atoms with Crippen molar-refractivity contribution in [3.63, 3.8) is 0 Å². The van der Waals surface area contributed by atoms with Crippen LogP contribution in [0.3, 0.4) is 0 Å². The van der Waals surface area contributed by atoms with Crippen LogP contribution in [0.25, 0.3) is 11.3 Å². The summed E-state index contributed by atoms with van der Waals surface area (Å²) in [6.45, 7) is 0.934. The van der Waals surface area contributed by atoms with Crippen molar-refractivity contribution in [3.8, 4) is 11.3 Å². The van der Waals surface area contributed by atoms with Gasteiger partial charge in [-0.2, -0.15) is 13.2 Å². The smallest absolute Gasteiger partial charge is 0.293 e. The lowest BCUT2D eigenvalue weighted by Gasteiger charge is -2.11. The molecule has 22 heavy (non-hydrogen) atoms. The molecule has 2 aromatic rings. The zero-order chi connectivity index (χ0) is 16.5. The zero-order valence-corrected chi connectivity index (χ0v) is 11.1. The topological polar surface area (TPSA) is 86.0 Å². The highest BCUT2D eigenvalue weighted by Crippen LogP contribution is 2.35.